The van der Waals surface area contributed by atoms with Crippen LogP contribution in [-0.2, 0) is 0 Å². The summed E-state index contributed by atoms with van der Waals surface area (Å²) in [5.41, 5.74) is 13.5. The van der Waals surface area contributed by atoms with Crippen molar-refractivity contribution in [3.05, 3.63) is 249 Å². The molecular formula is C60H41N3OS. The van der Waals surface area contributed by atoms with Crippen LogP contribution in [0.15, 0.2) is 253 Å². The molecule has 0 unspecified atom stereocenters. The summed E-state index contributed by atoms with van der Waals surface area (Å²) in [5, 5.41) is 4.67. The summed E-state index contributed by atoms with van der Waals surface area (Å²) < 4.78 is 9.50. The Bertz CT molecular complexity index is 3510. The van der Waals surface area contributed by atoms with Crippen molar-refractivity contribution >= 4 is 105 Å². The van der Waals surface area contributed by atoms with Gasteiger partial charge in [-0.2, -0.15) is 0 Å². The average Bonchev–Trinajstić information content (AvgIpc) is 3.94. The third kappa shape index (κ3) is 7.05. The van der Waals surface area contributed by atoms with Gasteiger partial charge < -0.3 is 19.1 Å². The first-order chi connectivity index (χ1) is 32.2. The molecule has 12 rings (SSSR count). The van der Waals surface area contributed by atoms with Gasteiger partial charge in [-0.05, 0) is 126 Å². The SMILES string of the molecule is c1ccc(N(c2ccccc2)c2ccc(-c3cc(N(c4ccccc4)c4ccc5c(c4)sc4ccccc45)cc4oc5ccc(N(c6ccccc6)c6ccccc6)cc5c34)cc2)cc1. The standard InChI is InChI=1S/C60H41N3OS/c1-6-18-43(19-7-1)61(44-20-8-2-9-21-44)48-32-30-42(31-33-48)54-39-51(63(47-26-14-5-15-27-47)50-34-36-53-52-28-16-17-29-58(52)65-59(53)41-50)40-57-60(54)55-38-49(35-37-56(55)64-57)62(45-22-10-3-11-23-45)46-24-12-4-13-25-46/h1-41H. The first-order valence-corrected chi connectivity index (χ1v) is 22.7. The minimum absolute atomic E-state index is 0.818. The first-order valence-electron chi connectivity index (χ1n) is 21.9. The molecule has 0 aliphatic rings. The van der Waals surface area contributed by atoms with Crippen molar-refractivity contribution in [2.45, 2.75) is 0 Å². The number of hydrogen-bond donors (Lipinski definition) is 0. The average molecular weight is 852 g/mol. The molecule has 2 heterocycles. The lowest BCUT2D eigenvalue weighted by Gasteiger charge is -2.27. The molecule has 0 spiro atoms. The van der Waals surface area contributed by atoms with Crippen molar-refractivity contribution in [2.24, 2.45) is 0 Å². The predicted octanol–water partition coefficient (Wildman–Crippen LogP) is 18.0. The quantitative estimate of drug-likeness (QED) is 0.137. The van der Waals surface area contributed by atoms with Gasteiger partial charge in [-0.15, -0.1) is 11.3 Å². The minimum Gasteiger partial charge on any atom is -0.456 e. The van der Waals surface area contributed by atoms with E-state index in [2.05, 4.69) is 263 Å². The van der Waals surface area contributed by atoms with Gasteiger partial charge in [0, 0.05) is 82.5 Å². The van der Waals surface area contributed by atoms with E-state index in [4.69, 9.17) is 4.42 Å². The Hall–Kier alpha value is -8.38. The lowest BCUT2D eigenvalue weighted by atomic mass is 9.97. The van der Waals surface area contributed by atoms with E-state index in [1.807, 2.05) is 11.3 Å². The summed E-state index contributed by atoms with van der Waals surface area (Å²) in [6.45, 7) is 0. The molecule has 0 N–H and O–H groups in total. The first kappa shape index (κ1) is 38.3. The number of rotatable bonds is 10. The van der Waals surface area contributed by atoms with Gasteiger partial charge in [-0.25, -0.2) is 0 Å². The van der Waals surface area contributed by atoms with Crippen LogP contribution in [0.25, 0.3) is 53.2 Å². The van der Waals surface area contributed by atoms with Crippen molar-refractivity contribution < 1.29 is 4.42 Å². The van der Waals surface area contributed by atoms with Gasteiger partial charge in [0.1, 0.15) is 11.2 Å². The molecule has 0 atom stereocenters. The van der Waals surface area contributed by atoms with Crippen LogP contribution in [-0.4, -0.2) is 0 Å². The van der Waals surface area contributed by atoms with Crippen molar-refractivity contribution in [3.8, 4) is 11.1 Å². The lowest BCUT2D eigenvalue weighted by molar-refractivity contribution is 0.669. The molecule has 0 saturated heterocycles. The second-order valence-electron chi connectivity index (χ2n) is 16.2. The fourth-order valence-corrected chi connectivity index (χ4v) is 10.4. The Morgan fingerprint density at radius 3 is 1.28 bits per heavy atom. The van der Waals surface area contributed by atoms with Gasteiger partial charge in [0.2, 0.25) is 0 Å². The summed E-state index contributed by atoms with van der Waals surface area (Å²) in [4.78, 5) is 6.97. The second kappa shape index (κ2) is 16.4. The van der Waals surface area contributed by atoms with Gasteiger partial charge in [-0.3, -0.25) is 0 Å². The second-order valence-corrected chi connectivity index (χ2v) is 17.2. The number of hydrogen-bond acceptors (Lipinski definition) is 5. The number of anilines is 9. The van der Waals surface area contributed by atoms with Crippen LogP contribution in [0, 0.1) is 0 Å². The summed E-state index contributed by atoms with van der Waals surface area (Å²) in [5.74, 6) is 0. The van der Waals surface area contributed by atoms with E-state index in [9.17, 15) is 0 Å². The molecule has 4 nitrogen and oxygen atoms in total. The molecule has 0 bridgehead atoms. The molecule has 2 aromatic heterocycles. The smallest absolute Gasteiger partial charge is 0.138 e. The van der Waals surface area contributed by atoms with Crippen LogP contribution in [0.3, 0.4) is 0 Å². The Kier molecular flexibility index (Phi) is 9.66. The highest BCUT2D eigenvalue weighted by molar-refractivity contribution is 7.25. The zero-order valence-corrected chi connectivity index (χ0v) is 36.1. The molecule has 65 heavy (non-hydrogen) atoms. The molecular weight excluding hydrogens is 811 g/mol. The molecule has 10 aromatic carbocycles. The third-order valence-electron chi connectivity index (χ3n) is 12.2. The van der Waals surface area contributed by atoms with Crippen molar-refractivity contribution in [2.75, 3.05) is 14.7 Å². The zero-order valence-electron chi connectivity index (χ0n) is 35.3. The van der Waals surface area contributed by atoms with E-state index in [1.165, 1.54) is 20.2 Å². The molecule has 5 heteroatoms. The molecule has 0 fully saturated rings. The Morgan fingerprint density at radius 1 is 0.277 bits per heavy atom. The Labute approximate surface area is 381 Å². The van der Waals surface area contributed by atoms with Crippen molar-refractivity contribution in [1.29, 1.82) is 0 Å². The van der Waals surface area contributed by atoms with Crippen molar-refractivity contribution in [1.82, 2.24) is 0 Å². The Morgan fingerprint density at radius 2 is 0.708 bits per heavy atom. The molecule has 12 aromatic rings. The molecule has 0 aliphatic carbocycles. The van der Waals surface area contributed by atoms with Crippen LogP contribution >= 0.6 is 11.3 Å². The van der Waals surface area contributed by atoms with E-state index in [-0.39, 0.29) is 0 Å². The fourth-order valence-electron chi connectivity index (χ4n) is 9.25. The molecule has 0 aliphatic heterocycles. The van der Waals surface area contributed by atoms with Crippen LogP contribution in [0.4, 0.5) is 51.2 Å². The molecule has 0 radical (unpaired) electrons. The van der Waals surface area contributed by atoms with Crippen LogP contribution < -0.4 is 14.7 Å². The van der Waals surface area contributed by atoms with Gasteiger partial charge in [-0.1, -0.05) is 127 Å². The molecule has 308 valence electrons. The number of para-hydroxylation sites is 5. The van der Waals surface area contributed by atoms with Crippen LogP contribution in [0.2, 0.25) is 0 Å². The summed E-state index contributed by atoms with van der Waals surface area (Å²) in [6, 6.07) is 88.6. The maximum atomic E-state index is 6.96. The van der Waals surface area contributed by atoms with E-state index in [1.54, 1.807) is 0 Å². The topological polar surface area (TPSA) is 22.9 Å². The molecule has 0 saturated carbocycles. The van der Waals surface area contributed by atoms with E-state index >= 15 is 0 Å². The summed E-state index contributed by atoms with van der Waals surface area (Å²) in [7, 11) is 0. The van der Waals surface area contributed by atoms with Gasteiger partial charge in [0.05, 0.1) is 5.69 Å². The van der Waals surface area contributed by atoms with E-state index in [0.29, 0.717) is 0 Å². The highest BCUT2D eigenvalue weighted by Gasteiger charge is 2.23. The minimum atomic E-state index is 0.818. The number of nitrogens with zero attached hydrogens (tertiary/aromatic N) is 3. The number of fused-ring (bicyclic) bond motifs is 6. The normalized spacial score (nSPS) is 11.4. The summed E-state index contributed by atoms with van der Waals surface area (Å²) >= 11 is 1.84. The monoisotopic (exact) mass is 851 g/mol. The maximum absolute atomic E-state index is 6.96. The highest BCUT2D eigenvalue weighted by Crippen LogP contribution is 2.47. The highest BCUT2D eigenvalue weighted by atomic mass is 32.1. The Balaban J connectivity index is 1.08. The van der Waals surface area contributed by atoms with Gasteiger partial charge >= 0.3 is 0 Å². The van der Waals surface area contributed by atoms with Crippen LogP contribution in [0.5, 0.6) is 0 Å². The number of benzene rings is 10. The van der Waals surface area contributed by atoms with Gasteiger partial charge in [0.15, 0.2) is 0 Å². The molecule has 0 amide bonds. The van der Waals surface area contributed by atoms with Gasteiger partial charge in [0.25, 0.3) is 0 Å². The van der Waals surface area contributed by atoms with E-state index < -0.39 is 0 Å². The number of thiophene rings is 1. The largest absolute Gasteiger partial charge is 0.456 e. The summed E-state index contributed by atoms with van der Waals surface area (Å²) in [6.07, 6.45) is 0. The van der Waals surface area contributed by atoms with Crippen LogP contribution in [0.1, 0.15) is 0 Å². The maximum Gasteiger partial charge on any atom is 0.138 e. The third-order valence-corrected chi connectivity index (χ3v) is 13.3. The van der Waals surface area contributed by atoms with Crippen molar-refractivity contribution in [3.63, 3.8) is 0 Å². The number of furan rings is 1. The predicted molar refractivity (Wildman–Crippen MR) is 276 cm³/mol. The van der Waals surface area contributed by atoms with E-state index in [0.717, 1.165) is 84.3 Å². The fraction of sp³-hybridized carbons (Fsp3) is 0. The lowest BCUT2D eigenvalue weighted by Crippen LogP contribution is -2.10. The zero-order chi connectivity index (χ0) is 43.1.